The fourth-order valence-electron chi connectivity index (χ4n) is 2.46. The maximum absolute atomic E-state index is 5.45. The van der Waals surface area contributed by atoms with E-state index in [1.807, 2.05) is 11.8 Å². The molecule has 0 aliphatic carbocycles. The van der Waals surface area contributed by atoms with Gasteiger partial charge in [-0.15, -0.1) is 0 Å². The van der Waals surface area contributed by atoms with Gasteiger partial charge in [-0.25, -0.2) is 0 Å². The third kappa shape index (κ3) is 4.10. The smallest absolute Gasteiger partial charge is 0.157 e. The van der Waals surface area contributed by atoms with E-state index in [9.17, 15) is 0 Å². The van der Waals surface area contributed by atoms with E-state index in [2.05, 4.69) is 31.1 Å². The van der Waals surface area contributed by atoms with Gasteiger partial charge in [0.15, 0.2) is 5.17 Å². The molecule has 1 N–H and O–H groups in total. The number of ether oxygens (including phenoxy) is 1. The molecule has 2 saturated heterocycles. The lowest BCUT2D eigenvalue weighted by molar-refractivity contribution is 0.0555. The third-order valence-corrected chi connectivity index (χ3v) is 5.56. The molecule has 0 radical (unpaired) electrons. The lowest BCUT2D eigenvalue weighted by Gasteiger charge is -2.32. The Labute approximate surface area is 121 Å². The highest BCUT2D eigenvalue weighted by Gasteiger charge is 2.38. The SMILES string of the molecule is CCC(C)N(C)CCN=C1NC2(CCOCC2)CS1. The molecule has 0 saturated carbocycles. The maximum atomic E-state index is 5.45. The summed E-state index contributed by atoms with van der Waals surface area (Å²) in [5.41, 5.74) is 0.268. The monoisotopic (exact) mass is 285 g/mol. The van der Waals surface area contributed by atoms with E-state index in [4.69, 9.17) is 9.73 Å². The Bertz CT molecular complexity index is 316. The van der Waals surface area contributed by atoms with E-state index in [1.165, 1.54) is 6.42 Å². The second-order valence-electron chi connectivity index (χ2n) is 5.73. The van der Waals surface area contributed by atoms with Gasteiger partial charge in [-0.1, -0.05) is 18.7 Å². The molecular weight excluding hydrogens is 258 g/mol. The Morgan fingerprint density at radius 2 is 2.21 bits per heavy atom. The van der Waals surface area contributed by atoms with Gasteiger partial charge in [0.25, 0.3) is 0 Å². The Morgan fingerprint density at radius 3 is 2.89 bits per heavy atom. The minimum absolute atomic E-state index is 0.268. The molecule has 2 fully saturated rings. The van der Waals surface area contributed by atoms with Crippen LogP contribution in [-0.2, 0) is 4.74 Å². The average molecular weight is 285 g/mol. The van der Waals surface area contributed by atoms with Gasteiger partial charge in [-0.2, -0.15) is 0 Å². The molecule has 2 aliphatic heterocycles. The number of amidine groups is 1. The largest absolute Gasteiger partial charge is 0.381 e. The highest BCUT2D eigenvalue weighted by Crippen LogP contribution is 2.31. The van der Waals surface area contributed by atoms with Crippen LogP contribution in [0.4, 0.5) is 0 Å². The molecule has 1 atom stereocenters. The van der Waals surface area contributed by atoms with Crippen molar-refractivity contribution in [2.45, 2.75) is 44.7 Å². The predicted octanol–water partition coefficient (Wildman–Crippen LogP) is 1.96. The number of aliphatic imine (C=N–C) groups is 1. The molecule has 2 aliphatic rings. The Hall–Kier alpha value is -0.260. The van der Waals surface area contributed by atoms with Crippen LogP contribution in [0.5, 0.6) is 0 Å². The molecule has 4 nitrogen and oxygen atoms in total. The zero-order valence-electron chi connectivity index (χ0n) is 12.4. The minimum Gasteiger partial charge on any atom is -0.381 e. The summed E-state index contributed by atoms with van der Waals surface area (Å²) in [6.07, 6.45) is 3.43. The van der Waals surface area contributed by atoms with Crippen LogP contribution in [0.2, 0.25) is 0 Å². The number of hydrogen-bond acceptors (Lipinski definition) is 4. The number of nitrogens with one attached hydrogen (secondary N) is 1. The fraction of sp³-hybridized carbons (Fsp3) is 0.929. The van der Waals surface area contributed by atoms with Gasteiger partial charge < -0.3 is 15.0 Å². The van der Waals surface area contributed by atoms with Crippen molar-refractivity contribution >= 4 is 16.9 Å². The van der Waals surface area contributed by atoms with Crippen LogP contribution < -0.4 is 5.32 Å². The van der Waals surface area contributed by atoms with Crippen LogP contribution in [0.3, 0.4) is 0 Å². The average Bonchev–Trinajstić information content (AvgIpc) is 2.81. The standard InChI is InChI=1S/C14H27N3OS/c1-4-12(2)17(3)8-7-15-13-16-14(11-19-13)5-9-18-10-6-14/h12H,4-11H2,1-3H3,(H,15,16). The lowest BCUT2D eigenvalue weighted by atomic mass is 9.93. The lowest BCUT2D eigenvalue weighted by Crippen LogP contribution is -2.48. The molecule has 0 aromatic carbocycles. The summed E-state index contributed by atoms with van der Waals surface area (Å²) in [4.78, 5) is 7.10. The number of hydrogen-bond donors (Lipinski definition) is 1. The van der Waals surface area contributed by atoms with E-state index < -0.39 is 0 Å². The van der Waals surface area contributed by atoms with Gasteiger partial charge in [0.1, 0.15) is 0 Å². The first-order chi connectivity index (χ1) is 9.15. The molecule has 0 bridgehead atoms. The van der Waals surface area contributed by atoms with Crippen molar-refractivity contribution in [2.75, 3.05) is 39.1 Å². The van der Waals surface area contributed by atoms with Crippen LogP contribution in [0.1, 0.15) is 33.1 Å². The summed E-state index contributed by atoms with van der Waals surface area (Å²) >= 11 is 1.88. The number of nitrogens with zero attached hydrogens (tertiary/aromatic N) is 2. The fourth-order valence-corrected chi connectivity index (χ4v) is 3.71. The summed E-state index contributed by atoms with van der Waals surface area (Å²) in [7, 11) is 2.18. The predicted molar refractivity (Wildman–Crippen MR) is 83.1 cm³/mol. The molecule has 19 heavy (non-hydrogen) atoms. The van der Waals surface area contributed by atoms with Crippen molar-refractivity contribution in [2.24, 2.45) is 4.99 Å². The quantitative estimate of drug-likeness (QED) is 0.838. The van der Waals surface area contributed by atoms with Crippen molar-refractivity contribution in [3.8, 4) is 0 Å². The zero-order chi connectivity index (χ0) is 13.7. The van der Waals surface area contributed by atoms with Gasteiger partial charge in [0.2, 0.25) is 0 Å². The van der Waals surface area contributed by atoms with Crippen molar-refractivity contribution < 1.29 is 4.74 Å². The van der Waals surface area contributed by atoms with Crippen LogP contribution in [0.15, 0.2) is 4.99 Å². The topological polar surface area (TPSA) is 36.9 Å². The minimum atomic E-state index is 0.268. The maximum Gasteiger partial charge on any atom is 0.157 e. The first-order valence-electron chi connectivity index (χ1n) is 7.38. The summed E-state index contributed by atoms with van der Waals surface area (Å²) in [5, 5.41) is 4.78. The van der Waals surface area contributed by atoms with Crippen molar-refractivity contribution in [3.05, 3.63) is 0 Å². The molecule has 1 unspecified atom stereocenters. The number of rotatable bonds is 5. The second kappa shape index (κ2) is 6.95. The van der Waals surface area contributed by atoms with Crippen LogP contribution in [-0.4, -0.2) is 60.8 Å². The summed E-state index contributed by atoms with van der Waals surface area (Å²) in [6.45, 7) is 8.21. The Balaban J connectivity index is 1.75. The highest BCUT2D eigenvalue weighted by molar-refractivity contribution is 8.14. The van der Waals surface area contributed by atoms with Gasteiger partial charge in [0, 0.05) is 31.6 Å². The van der Waals surface area contributed by atoms with Crippen molar-refractivity contribution in [1.29, 1.82) is 0 Å². The van der Waals surface area contributed by atoms with E-state index >= 15 is 0 Å². The summed E-state index contributed by atoms with van der Waals surface area (Å²) in [5.74, 6) is 1.15. The van der Waals surface area contributed by atoms with Crippen molar-refractivity contribution in [1.82, 2.24) is 10.2 Å². The number of thioether (sulfide) groups is 1. The second-order valence-corrected chi connectivity index (χ2v) is 6.70. The van der Waals surface area contributed by atoms with E-state index in [0.717, 1.165) is 50.1 Å². The van der Waals surface area contributed by atoms with E-state index in [-0.39, 0.29) is 5.54 Å². The van der Waals surface area contributed by atoms with Crippen LogP contribution in [0.25, 0.3) is 0 Å². The van der Waals surface area contributed by atoms with Crippen LogP contribution >= 0.6 is 11.8 Å². The molecule has 1 spiro atoms. The summed E-state index contributed by atoms with van der Waals surface area (Å²) < 4.78 is 5.45. The molecular formula is C14H27N3OS. The normalized spacial score (nSPS) is 26.0. The van der Waals surface area contributed by atoms with E-state index in [1.54, 1.807) is 0 Å². The van der Waals surface area contributed by atoms with Gasteiger partial charge in [-0.3, -0.25) is 4.99 Å². The first kappa shape index (κ1) is 15.1. The first-order valence-corrected chi connectivity index (χ1v) is 8.37. The molecule has 0 aromatic rings. The van der Waals surface area contributed by atoms with Crippen molar-refractivity contribution in [3.63, 3.8) is 0 Å². The van der Waals surface area contributed by atoms with Gasteiger partial charge in [-0.05, 0) is 33.2 Å². The molecule has 2 heterocycles. The number of likely N-dealkylation sites (N-methyl/N-ethyl adjacent to an activating group) is 1. The zero-order valence-corrected chi connectivity index (χ0v) is 13.3. The van der Waals surface area contributed by atoms with E-state index in [0.29, 0.717) is 6.04 Å². The molecule has 5 heteroatoms. The van der Waals surface area contributed by atoms with Gasteiger partial charge in [0.05, 0.1) is 12.1 Å². The molecule has 0 amide bonds. The summed E-state index contributed by atoms with van der Waals surface area (Å²) in [6, 6.07) is 0.645. The Kier molecular flexibility index (Phi) is 5.54. The molecule has 2 rings (SSSR count). The Morgan fingerprint density at radius 1 is 1.47 bits per heavy atom. The third-order valence-electron chi connectivity index (χ3n) is 4.36. The molecule has 0 aromatic heterocycles. The van der Waals surface area contributed by atoms with Crippen LogP contribution in [0, 0.1) is 0 Å². The molecule has 110 valence electrons. The highest BCUT2D eigenvalue weighted by atomic mass is 32.2. The van der Waals surface area contributed by atoms with Gasteiger partial charge >= 0.3 is 0 Å².